The van der Waals surface area contributed by atoms with Gasteiger partial charge in [0.15, 0.2) is 0 Å². The second kappa shape index (κ2) is 5.84. The molecule has 0 saturated heterocycles. The fourth-order valence-corrected chi connectivity index (χ4v) is 1.93. The van der Waals surface area contributed by atoms with Gasteiger partial charge in [-0.25, -0.2) is 4.98 Å². The Morgan fingerprint density at radius 1 is 1.26 bits per heavy atom. The minimum absolute atomic E-state index is 0.178. The topological polar surface area (TPSA) is 54.0 Å². The first kappa shape index (κ1) is 13.5. The van der Waals surface area contributed by atoms with Gasteiger partial charge in [-0.2, -0.15) is 0 Å². The Bertz CT molecular complexity index is 596. The monoisotopic (exact) mass is 319 g/mol. The fourth-order valence-electron chi connectivity index (χ4n) is 1.70. The minimum atomic E-state index is -0.178. The highest BCUT2D eigenvalue weighted by Crippen LogP contribution is 2.18. The number of anilines is 2. The summed E-state index contributed by atoms with van der Waals surface area (Å²) < 4.78 is 0.872. The number of nitrogens with zero attached hydrogens (tertiary/aromatic N) is 1. The zero-order chi connectivity index (χ0) is 13.8. The van der Waals surface area contributed by atoms with Crippen LogP contribution >= 0.6 is 15.9 Å². The van der Waals surface area contributed by atoms with E-state index < -0.39 is 0 Å². The smallest absolute Gasteiger partial charge is 0.258 e. The number of pyridine rings is 1. The lowest BCUT2D eigenvalue weighted by atomic mass is 10.1. The summed E-state index contributed by atoms with van der Waals surface area (Å²) in [5, 5.41) is 5.79. The summed E-state index contributed by atoms with van der Waals surface area (Å²) in [7, 11) is 1.79. The maximum atomic E-state index is 12.2. The molecule has 2 aromatic rings. The quantitative estimate of drug-likeness (QED) is 0.911. The number of rotatable bonds is 3. The predicted octanol–water partition coefficient (Wildman–Crippen LogP) is 3.45. The van der Waals surface area contributed by atoms with Gasteiger partial charge in [-0.1, -0.05) is 11.6 Å². The van der Waals surface area contributed by atoms with E-state index in [0.29, 0.717) is 11.4 Å². The summed E-state index contributed by atoms with van der Waals surface area (Å²) in [6.45, 7) is 1.95. The van der Waals surface area contributed by atoms with Crippen LogP contribution in [0, 0.1) is 6.92 Å². The van der Waals surface area contributed by atoms with E-state index in [2.05, 4.69) is 31.5 Å². The Labute approximate surface area is 120 Å². The summed E-state index contributed by atoms with van der Waals surface area (Å²) in [5.41, 5.74) is 2.43. The molecule has 2 N–H and O–H groups in total. The lowest BCUT2D eigenvalue weighted by Crippen LogP contribution is -2.15. The van der Waals surface area contributed by atoms with Crippen LogP contribution in [0.3, 0.4) is 0 Å². The first-order valence-corrected chi connectivity index (χ1v) is 6.61. The van der Waals surface area contributed by atoms with Crippen LogP contribution in [-0.4, -0.2) is 17.9 Å². The van der Waals surface area contributed by atoms with Gasteiger partial charge in [0, 0.05) is 23.4 Å². The number of amides is 1. The van der Waals surface area contributed by atoms with Crippen molar-refractivity contribution < 1.29 is 4.79 Å². The lowest BCUT2D eigenvalue weighted by Gasteiger charge is -2.10. The first-order valence-electron chi connectivity index (χ1n) is 5.81. The van der Waals surface area contributed by atoms with E-state index in [0.717, 1.165) is 15.7 Å². The molecule has 0 spiro atoms. The number of aryl methyl sites for hydroxylation is 1. The zero-order valence-corrected chi connectivity index (χ0v) is 12.3. The van der Waals surface area contributed by atoms with Crippen LogP contribution in [0.2, 0.25) is 0 Å². The van der Waals surface area contributed by atoms with E-state index >= 15 is 0 Å². The van der Waals surface area contributed by atoms with Crippen molar-refractivity contribution in [2.45, 2.75) is 6.92 Å². The van der Waals surface area contributed by atoms with E-state index in [4.69, 9.17) is 0 Å². The van der Waals surface area contributed by atoms with Gasteiger partial charge in [0.25, 0.3) is 5.91 Å². The third-order valence-electron chi connectivity index (χ3n) is 2.66. The van der Waals surface area contributed by atoms with Gasteiger partial charge in [-0.05, 0) is 47.1 Å². The second-order valence-electron chi connectivity index (χ2n) is 4.11. The summed E-state index contributed by atoms with van der Waals surface area (Å²) >= 11 is 3.30. The Morgan fingerprint density at radius 3 is 2.68 bits per heavy atom. The molecule has 0 unspecified atom stereocenters. The molecular weight excluding hydrogens is 306 g/mol. The number of hydrogen-bond acceptors (Lipinski definition) is 3. The summed E-state index contributed by atoms with van der Waals surface area (Å²) in [4.78, 5) is 16.4. The number of carbonyl (C=O) groups excluding carboxylic acids is 1. The highest BCUT2D eigenvalue weighted by atomic mass is 79.9. The molecule has 5 heteroatoms. The van der Waals surface area contributed by atoms with Crippen LogP contribution in [0.1, 0.15) is 15.9 Å². The van der Waals surface area contributed by atoms with Gasteiger partial charge in [-0.15, -0.1) is 0 Å². The molecule has 0 aliphatic rings. The Hall–Kier alpha value is -1.88. The third-order valence-corrected chi connectivity index (χ3v) is 3.13. The van der Waals surface area contributed by atoms with Gasteiger partial charge in [0.05, 0.1) is 5.56 Å². The molecule has 0 aliphatic carbocycles. The van der Waals surface area contributed by atoms with E-state index in [-0.39, 0.29) is 5.91 Å². The lowest BCUT2D eigenvalue weighted by molar-refractivity contribution is 0.102. The molecule has 0 aliphatic heterocycles. The fraction of sp³-hybridized carbons (Fsp3) is 0.143. The van der Waals surface area contributed by atoms with Crippen molar-refractivity contribution in [2.75, 3.05) is 17.7 Å². The minimum Gasteiger partial charge on any atom is -0.387 e. The van der Waals surface area contributed by atoms with Crippen molar-refractivity contribution in [3.63, 3.8) is 0 Å². The SMILES string of the molecule is CNc1ccc(C)cc1C(=O)Nc1ccc(Br)cn1. The average Bonchev–Trinajstić information content (AvgIpc) is 2.41. The zero-order valence-electron chi connectivity index (χ0n) is 10.7. The number of benzene rings is 1. The van der Waals surface area contributed by atoms with Crippen LogP contribution in [0.4, 0.5) is 11.5 Å². The van der Waals surface area contributed by atoms with Crippen molar-refractivity contribution in [1.82, 2.24) is 4.98 Å². The molecule has 0 radical (unpaired) electrons. The van der Waals surface area contributed by atoms with Gasteiger partial charge < -0.3 is 10.6 Å². The van der Waals surface area contributed by atoms with Gasteiger partial charge in [-0.3, -0.25) is 4.79 Å². The first-order chi connectivity index (χ1) is 9.10. The molecule has 4 nitrogen and oxygen atoms in total. The highest BCUT2D eigenvalue weighted by molar-refractivity contribution is 9.10. The van der Waals surface area contributed by atoms with Crippen LogP contribution in [0.5, 0.6) is 0 Å². The molecule has 0 fully saturated rings. The number of aromatic nitrogens is 1. The largest absolute Gasteiger partial charge is 0.387 e. The highest BCUT2D eigenvalue weighted by Gasteiger charge is 2.11. The maximum absolute atomic E-state index is 12.2. The normalized spacial score (nSPS) is 10.1. The van der Waals surface area contributed by atoms with Crippen LogP contribution in [0.15, 0.2) is 41.0 Å². The van der Waals surface area contributed by atoms with Gasteiger partial charge >= 0.3 is 0 Å². The molecule has 1 aromatic carbocycles. The molecule has 0 saturated carbocycles. The third kappa shape index (κ3) is 3.32. The maximum Gasteiger partial charge on any atom is 0.258 e. The molecule has 98 valence electrons. The summed E-state index contributed by atoms with van der Waals surface area (Å²) in [5.74, 6) is 0.347. The van der Waals surface area contributed by atoms with Crippen molar-refractivity contribution in [2.24, 2.45) is 0 Å². The van der Waals surface area contributed by atoms with Crippen molar-refractivity contribution in [3.05, 3.63) is 52.1 Å². The molecule has 2 rings (SSSR count). The van der Waals surface area contributed by atoms with Crippen molar-refractivity contribution >= 4 is 33.3 Å². The molecule has 19 heavy (non-hydrogen) atoms. The van der Waals surface area contributed by atoms with E-state index in [1.54, 1.807) is 19.3 Å². The molecular formula is C14H14BrN3O. The molecule has 1 aromatic heterocycles. The van der Waals surface area contributed by atoms with Gasteiger partial charge in [0.2, 0.25) is 0 Å². The number of halogens is 1. The van der Waals surface area contributed by atoms with Crippen LogP contribution < -0.4 is 10.6 Å². The Balaban J connectivity index is 2.24. The number of carbonyl (C=O) groups is 1. The van der Waals surface area contributed by atoms with Crippen molar-refractivity contribution in [1.29, 1.82) is 0 Å². The average molecular weight is 320 g/mol. The summed E-state index contributed by atoms with van der Waals surface area (Å²) in [6.07, 6.45) is 1.64. The van der Waals surface area contributed by atoms with E-state index in [9.17, 15) is 4.79 Å². The van der Waals surface area contributed by atoms with E-state index in [1.165, 1.54) is 0 Å². The summed E-state index contributed by atoms with van der Waals surface area (Å²) in [6, 6.07) is 9.27. The second-order valence-corrected chi connectivity index (χ2v) is 5.03. The van der Waals surface area contributed by atoms with Crippen LogP contribution in [0.25, 0.3) is 0 Å². The number of hydrogen-bond donors (Lipinski definition) is 2. The van der Waals surface area contributed by atoms with Crippen LogP contribution in [-0.2, 0) is 0 Å². The van der Waals surface area contributed by atoms with E-state index in [1.807, 2.05) is 31.2 Å². The molecule has 1 amide bonds. The molecule has 0 bridgehead atoms. The van der Waals surface area contributed by atoms with Crippen molar-refractivity contribution in [3.8, 4) is 0 Å². The molecule has 1 heterocycles. The Morgan fingerprint density at radius 2 is 2.05 bits per heavy atom. The Kier molecular flexibility index (Phi) is 4.16. The number of nitrogens with one attached hydrogen (secondary N) is 2. The van der Waals surface area contributed by atoms with Gasteiger partial charge in [0.1, 0.15) is 5.82 Å². The predicted molar refractivity (Wildman–Crippen MR) is 80.6 cm³/mol. The molecule has 0 atom stereocenters. The standard InChI is InChI=1S/C14H14BrN3O/c1-9-3-5-12(16-2)11(7-9)14(19)18-13-6-4-10(15)8-17-13/h3-8,16H,1-2H3,(H,17,18,19).